The number of hydrogen-bond acceptors (Lipinski definition) is 8. The Morgan fingerprint density at radius 1 is 0.364 bits per heavy atom. The fourth-order valence-corrected chi connectivity index (χ4v) is 6.59. The molecule has 0 spiro atoms. The Morgan fingerprint density at radius 3 is 0.636 bits per heavy atom. The van der Waals surface area contributed by atoms with Gasteiger partial charge in [-0.2, -0.15) is 0 Å². The highest BCUT2D eigenvalue weighted by atomic mass is 16.5. The van der Waals surface area contributed by atoms with E-state index in [-0.39, 0.29) is 26.4 Å². The molecule has 0 radical (unpaired) electrons. The van der Waals surface area contributed by atoms with Crippen molar-refractivity contribution >= 4 is 0 Å². The van der Waals surface area contributed by atoms with E-state index in [9.17, 15) is 20.4 Å². The Labute approximate surface area is 258 Å². The fraction of sp³-hybridized carbons (Fsp3) is 0.333. The van der Waals surface area contributed by atoms with Gasteiger partial charge in [0.25, 0.3) is 0 Å². The van der Waals surface area contributed by atoms with Crippen LogP contribution in [-0.2, 0) is 52.1 Å². The zero-order valence-electron chi connectivity index (χ0n) is 25.7. The summed E-state index contributed by atoms with van der Waals surface area (Å²) in [6.45, 7) is -0.596. The highest BCUT2D eigenvalue weighted by molar-refractivity contribution is 5.58. The van der Waals surface area contributed by atoms with Gasteiger partial charge >= 0.3 is 0 Å². The number of benzene rings is 4. The first-order chi connectivity index (χ1) is 21.4. The molecule has 1 aliphatic rings. The third kappa shape index (κ3) is 6.12. The van der Waals surface area contributed by atoms with Gasteiger partial charge in [-0.1, -0.05) is 0 Å². The molecule has 4 aromatic rings. The van der Waals surface area contributed by atoms with E-state index in [2.05, 4.69) is 0 Å². The maximum Gasteiger partial charge on any atom is 0.125 e. The van der Waals surface area contributed by atoms with E-state index in [1.807, 2.05) is 48.5 Å². The van der Waals surface area contributed by atoms with Crippen molar-refractivity contribution in [1.82, 2.24) is 0 Å². The second-order valence-corrected chi connectivity index (χ2v) is 11.1. The summed E-state index contributed by atoms with van der Waals surface area (Å²) in [4.78, 5) is 0. The molecule has 8 heteroatoms. The van der Waals surface area contributed by atoms with Gasteiger partial charge in [0, 0.05) is 25.7 Å². The zero-order valence-corrected chi connectivity index (χ0v) is 25.7. The van der Waals surface area contributed by atoms with E-state index >= 15 is 0 Å². The van der Waals surface area contributed by atoms with Crippen LogP contribution in [0.4, 0.5) is 0 Å². The van der Waals surface area contributed by atoms with Gasteiger partial charge in [0.2, 0.25) is 0 Å². The van der Waals surface area contributed by atoms with Crippen LogP contribution in [-0.4, -0.2) is 48.9 Å². The lowest BCUT2D eigenvalue weighted by molar-refractivity contribution is 0.281. The van der Waals surface area contributed by atoms with Gasteiger partial charge < -0.3 is 39.4 Å². The van der Waals surface area contributed by atoms with Gasteiger partial charge in [0.05, 0.1) is 54.9 Å². The summed E-state index contributed by atoms with van der Waals surface area (Å²) >= 11 is 0. The number of aliphatic hydroxyl groups excluding tert-OH is 4. The quantitative estimate of drug-likeness (QED) is 0.208. The molecule has 0 saturated carbocycles. The predicted molar refractivity (Wildman–Crippen MR) is 167 cm³/mol. The molecule has 44 heavy (non-hydrogen) atoms. The third-order valence-corrected chi connectivity index (χ3v) is 8.28. The summed E-state index contributed by atoms with van der Waals surface area (Å²) in [6, 6.07) is 15.5. The van der Waals surface area contributed by atoms with Crippen LogP contribution in [0.25, 0.3) is 0 Å². The van der Waals surface area contributed by atoms with Gasteiger partial charge in [-0.25, -0.2) is 0 Å². The van der Waals surface area contributed by atoms with Crippen LogP contribution < -0.4 is 18.9 Å². The van der Waals surface area contributed by atoms with E-state index in [0.717, 1.165) is 66.8 Å². The number of rotatable bonds is 8. The van der Waals surface area contributed by atoms with Gasteiger partial charge in [0.15, 0.2) is 0 Å². The molecule has 8 nitrogen and oxygen atoms in total. The van der Waals surface area contributed by atoms with Crippen LogP contribution in [0.3, 0.4) is 0 Å². The molecule has 0 amide bonds. The van der Waals surface area contributed by atoms with Crippen LogP contribution in [0.2, 0.25) is 0 Å². The second kappa shape index (κ2) is 13.7. The highest BCUT2D eigenvalue weighted by Crippen LogP contribution is 2.40. The first-order valence-corrected chi connectivity index (χ1v) is 14.6. The molecule has 0 aromatic heterocycles. The minimum absolute atomic E-state index is 0.149. The second-order valence-electron chi connectivity index (χ2n) is 11.1. The predicted octanol–water partition coefficient (Wildman–Crippen LogP) is 4.37. The third-order valence-electron chi connectivity index (χ3n) is 8.28. The van der Waals surface area contributed by atoms with Crippen LogP contribution in [0.15, 0.2) is 48.5 Å². The first kappa shape index (κ1) is 31.3. The van der Waals surface area contributed by atoms with E-state index in [0.29, 0.717) is 48.7 Å². The summed E-state index contributed by atoms with van der Waals surface area (Å²) in [7, 11) is 6.54. The smallest absolute Gasteiger partial charge is 0.125 e. The number of ether oxygens (including phenoxy) is 4. The summed E-state index contributed by atoms with van der Waals surface area (Å²) < 4.78 is 24.1. The average Bonchev–Trinajstić information content (AvgIpc) is 3.03. The van der Waals surface area contributed by atoms with Crippen molar-refractivity contribution in [3.8, 4) is 23.0 Å². The fourth-order valence-electron chi connectivity index (χ4n) is 6.59. The molecule has 0 saturated heterocycles. The van der Waals surface area contributed by atoms with Crippen LogP contribution in [0.1, 0.15) is 66.8 Å². The number of aliphatic hydroxyl groups is 4. The lowest BCUT2D eigenvalue weighted by Crippen LogP contribution is -2.09. The molecule has 0 unspecified atom stereocenters. The molecule has 5 rings (SSSR count). The monoisotopic (exact) mass is 600 g/mol. The standard InChI is InChI=1S/C36H40O8/c1-41-33-25-5-21(17-37)6-26(33)14-28-8-23(19-39)10-30(35(28)43-3)16-32-12-24(20-40)11-31(36(32)44-4)15-29-9-22(18-38)7-27(13-25)34(29)42-2/h5-12,37-40H,13-20H2,1-4H3. The van der Waals surface area contributed by atoms with Gasteiger partial charge in [-0.05, 0) is 115 Å². The molecular formula is C36H40O8. The Balaban J connectivity index is 1.87. The van der Waals surface area contributed by atoms with Crippen LogP contribution in [0.5, 0.6) is 23.0 Å². The van der Waals surface area contributed by atoms with E-state index < -0.39 is 0 Å². The molecular weight excluding hydrogens is 560 g/mol. The lowest BCUT2D eigenvalue weighted by Gasteiger charge is -2.23. The Hall–Kier alpha value is -4.08. The molecule has 0 aliphatic heterocycles. The number of fused-ring (bicyclic) bond motifs is 8. The average molecular weight is 601 g/mol. The Kier molecular flexibility index (Phi) is 9.76. The maximum atomic E-state index is 10.2. The van der Waals surface area contributed by atoms with E-state index in [4.69, 9.17) is 18.9 Å². The minimum Gasteiger partial charge on any atom is -0.496 e. The minimum atomic E-state index is -0.149. The molecule has 4 N–H and O–H groups in total. The van der Waals surface area contributed by atoms with Crippen LogP contribution >= 0.6 is 0 Å². The van der Waals surface area contributed by atoms with E-state index in [1.165, 1.54) is 0 Å². The summed E-state index contributed by atoms with van der Waals surface area (Å²) in [6.07, 6.45) is 1.69. The summed E-state index contributed by atoms with van der Waals surface area (Å²) in [5.41, 5.74) is 9.85. The SMILES string of the molecule is COc1c2cc(CO)cc1Cc1cc(CO)cc(c1OC)Cc1cc(CO)cc(c1OC)Cc1cc(CO)cc(c1OC)C2. The Morgan fingerprint density at radius 2 is 0.523 bits per heavy atom. The summed E-state index contributed by atoms with van der Waals surface area (Å²) in [5.74, 6) is 2.74. The van der Waals surface area contributed by atoms with Crippen molar-refractivity contribution in [3.05, 3.63) is 115 Å². The number of hydrogen-bond donors (Lipinski definition) is 4. The molecule has 0 fully saturated rings. The lowest BCUT2D eigenvalue weighted by atomic mass is 9.88. The van der Waals surface area contributed by atoms with Crippen molar-refractivity contribution in [1.29, 1.82) is 0 Å². The van der Waals surface area contributed by atoms with E-state index in [1.54, 1.807) is 28.4 Å². The highest BCUT2D eigenvalue weighted by Gasteiger charge is 2.23. The maximum absolute atomic E-state index is 10.2. The molecule has 232 valence electrons. The van der Waals surface area contributed by atoms with Gasteiger partial charge in [-0.15, -0.1) is 0 Å². The molecule has 4 aromatic carbocycles. The topological polar surface area (TPSA) is 118 Å². The van der Waals surface area contributed by atoms with Crippen molar-refractivity contribution in [3.63, 3.8) is 0 Å². The first-order valence-electron chi connectivity index (χ1n) is 14.6. The van der Waals surface area contributed by atoms with Crippen molar-refractivity contribution in [2.45, 2.75) is 52.1 Å². The largest absolute Gasteiger partial charge is 0.496 e. The number of methoxy groups -OCH3 is 4. The summed E-state index contributed by atoms with van der Waals surface area (Å²) in [5, 5.41) is 40.9. The molecule has 0 heterocycles. The van der Waals surface area contributed by atoms with Crippen LogP contribution in [0, 0.1) is 0 Å². The molecule has 8 bridgehead atoms. The van der Waals surface area contributed by atoms with Gasteiger partial charge in [0.1, 0.15) is 23.0 Å². The normalized spacial score (nSPS) is 12.5. The molecule has 1 aliphatic carbocycles. The Bertz CT molecular complexity index is 1320. The zero-order chi connectivity index (χ0) is 31.4. The van der Waals surface area contributed by atoms with Crippen molar-refractivity contribution in [2.24, 2.45) is 0 Å². The van der Waals surface area contributed by atoms with Gasteiger partial charge in [-0.3, -0.25) is 0 Å². The molecule has 0 atom stereocenters. The van der Waals surface area contributed by atoms with Crippen molar-refractivity contribution in [2.75, 3.05) is 28.4 Å². The van der Waals surface area contributed by atoms with Crippen molar-refractivity contribution < 1.29 is 39.4 Å².